The van der Waals surface area contributed by atoms with E-state index < -0.39 is 5.97 Å². The van der Waals surface area contributed by atoms with Gasteiger partial charge >= 0.3 is 5.97 Å². The minimum atomic E-state index is -0.610. The highest BCUT2D eigenvalue weighted by atomic mass is 16.5. The minimum absolute atomic E-state index is 0.0182. The number of nitrogens with zero attached hydrogens (tertiary/aromatic N) is 1. The molecule has 0 spiro atoms. The van der Waals surface area contributed by atoms with Gasteiger partial charge in [-0.25, -0.2) is 4.79 Å². The molecule has 0 aliphatic carbocycles. The van der Waals surface area contributed by atoms with Gasteiger partial charge in [-0.2, -0.15) is 0 Å². The molecule has 27 heavy (non-hydrogen) atoms. The van der Waals surface area contributed by atoms with Crippen molar-refractivity contribution in [2.45, 2.75) is 12.8 Å². The maximum absolute atomic E-state index is 12.4. The maximum atomic E-state index is 12.4. The third-order valence-electron chi connectivity index (χ3n) is 4.36. The van der Waals surface area contributed by atoms with Crippen LogP contribution in [0.1, 0.15) is 17.5 Å². The Morgan fingerprint density at radius 2 is 2.04 bits per heavy atom. The average molecular weight is 367 g/mol. The second kappa shape index (κ2) is 8.40. The number of rotatable bonds is 5. The zero-order chi connectivity index (χ0) is 19.2. The van der Waals surface area contributed by atoms with Crippen molar-refractivity contribution < 1.29 is 24.2 Å². The van der Waals surface area contributed by atoms with Crippen LogP contribution < -0.4 is 9.64 Å². The van der Waals surface area contributed by atoms with Gasteiger partial charge in [-0.15, -0.1) is 0 Å². The number of hydrogen-bond acceptors (Lipinski definition) is 5. The van der Waals surface area contributed by atoms with E-state index in [4.69, 9.17) is 9.47 Å². The Morgan fingerprint density at radius 1 is 1.22 bits per heavy atom. The van der Waals surface area contributed by atoms with Crippen LogP contribution in [0.3, 0.4) is 0 Å². The van der Waals surface area contributed by atoms with Crippen LogP contribution >= 0.6 is 0 Å². The highest BCUT2D eigenvalue weighted by Crippen LogP contribution is 2.27. The molecule has 6 nitrogen and oxygen atoms in total. The lowest BCUT2D eigenvalue weighted by molar-refractivity contribution is -0.142. The minimum Gasteiger partial charge on any atom is -0.504 e. The van der Waals surface area contributed by atoms with Crippen LogP contribution in [0.15, 0.2) is 48.5 Å². The number of phenols is 1. The number of amides is 1. The molecule has 1 amide bonds. The highest BCUT2D eigenvalue weighted by molar-refractivity contribution is 5.97. The zero-order valence-electron chi connectivity index (χ0n) is 15.1. The average Bonchev–Trinajstić information content (AvgIpc) is 2.70. The van der Waals surface area contributed by atoms with E-state index in [0.29, 0.717) is 17.9 Å². The van der Waals surface area contributed by atoms with Gasteiger partial charge in [0.05, 0.1) is 7.11 Å². The molecule has 0 aromatic heterocycles. The number of carbonyl (C=O) groups excluding carboxylic acids is 2. The predicted octanol–water partition coefficient (Wildman–Crippen LogP) is 2.94. The van der Waals surface area contributed by atoms with E-state index in [1.165, 1.54) is 25.3 Å². The van der Waals surface area contributed by atoms with E-state index in [-0.39, 0.29) is 18.3 Å². The number of benzene rings is 2. The molecule has 0 saturated carbocycles. The molecule has 1 aliphatic rings. The number of aryl methyl sites for hydroxylation is 1. The first-order chi connectivity index (χ1) is 13.1. The number of esters is 1. The molecule has 1 heterocycles. The fourth-order valence-corrected chi connectivity index (χ4v) is 3.01. The van der Waals surface area contributed by atoms with Crippen molar-refractivity contribution >= 4 is 23.6 Å². The van der Waals surface area contributed by atoms with Gasteiger partial charge in [-0.1, -0.05) is 24.3 Å². The van der Waals surface area contributed by atoms with Crippen LogP contribution in [0, 0.1) is 0 Å². The van der Waals surface area contributed by atoms with Crippen LogP contribution in [0.4, 0.5) is 5.69 Å². The summed E-state index contributed by atoms with van der Waals surface area (Å²) >= 11 is 0. The Morgan fingerprint density at radius 3 is 2.85 bits per heavy atom. The number of fused-ring (bicyclic) bond motifs is 1. The molecular formula is C21H21NO5. The Labute approximate surface area is 157 Å². The smallest absolute Gasteiger partial charge is 0.331 e. The molecule has 3 rings (SSSR count). The molecule has 0 radical (unpaired) electrons. The molecule has 0 atom stereocenters. The van der Waals surface area contributed by atoms with Crippen molar-refractivity contribution in [3.05, 3.63) is 59.7 Å². The lowest BCUT2D eigenvalue weighted by Crippen LogP contribution is -2.38. The van der Waals surface area contributed by atoms with Gasteiger partial charge < -0.3 is 19.5 Å². The predicted molar refractivity (Wildman–Crippen MR) is 102 cm³/mol. The molecule has 1 N–H and O–H groups in total. The summed E-state index contributed by atoms with van der Waals surface area (Å²) in [6.07, 6.45) is 4.60. The standard InChI is InChI=1S/C21H21NO5/c1-26-19-13-15(8-10-18(19)23)9-11-21(25)27-14-20(24)22-12-4-6-16-5-2-3-7-17(16)22/h2-3,5,7-11,13,23H,4,6,12,14H2,1H3. The zero-order valence-corrected chi connectivity index (χ0v) is 15.1. The molecule has 6 heteroatoms. The van der Waals surface area contributed by atoms with Gasteiger partial charge in [0.15, 0.2) is 18.1 Å². The number of phenolic OH excluding ortho intramolecular Hbond substituents is 1. The Kier molecular flexibility index (Phi) is 5.76. The van der Waals surface area contributed by atoms with Gasteiger partial charge in [0.2, 0.25) is 0 Å². The van der Waals surface area contributed by atoms with E-state index in [1.54, 1.807) is 17.0 Å². The van der Waals surface area contributed by atoms with Crippen LogP contribution in [-0.2, 0) is 20.7 Å². The van der Waals surface area contributed by atoms with Crippen molar-refractivity contribution in [2.24, 2.45) is 0 Å². The van der Waals surface area contributed by atoms with Gasteiger partial charge in [0.25, 0.3) is 5.91 Å². The summed E-state index contributed by atoms with van der Waals surface area (Å²) in [7, 11) is 1.45. The molecule has 1 aliphatic heterocycles. The summed E-state index contributed by atoms with van der Waals surface area (Å²) in [5.74, 6) is -0.523. The first-order valence-electron chi connectivity index (χ1n) is 8.68. The number of hydrogen-bond donors (Lipinski definition) is 1. The van der Waals surface area contributed by atoms with Crippen molar-refractivity contribution in [3.8, 4) is 11.5 Å². The number of aromatic hydroxyl groups is 1. The Hall–Kier alpha value is -3.28. The molecule has 0 bridgehead atoms. The van der Waals surface area contributed by atoms with Crippen LogP contribution in [0.5, 0.6) is 11.5 Å². The first kappa shape index (κ1) is 18.5. The van der Waals surface area contributed by atoms with Gasteiger partial charge in [0.1, 0.15) is 0 Å². The van der Waals surface area contributed by atoms with Gasteiger partial charge in [-0.3, -0.25) is 4.79 Å². The number of anilines is 1. The number of para-hydroxylation sites is 1. The van der Waals surface area contributed by atoms with Crippen molar-refractivity contribution in [1.29, 1.82) is 0 Å². The highest BCUT2D eigenvalue weighted by Gasteiger charge is 2.22. The first-order valence-corrected chi connectivity index (χ1v) is 8.68. The topological polar surface area (TPSA) is 76.1 Å². The van der Waals surface area contributed by atoms with E-state index in [2.05, 4.69) is 0 Å². The summed E-state index contributed by atoms with van der Waals surface area (Å²) in [6.45, 7) is 0.312. The molecule has 2 aromatic rings. The number of ether oxygens (including phenoxy) is 2. The van der Waals surface area contributed by atoms with E-state index in [9.17, 15) is 14.7 Å². The van der Waals surface area contributed by atoms with E-state index in [0.717, 1.165) is 24.1 Å². The molecular weight excluding hydrogens is 346 g/mol. The number of carbonyl (C=O) groups is 2. The lowest BCUT2D eigenvalue weighted by atomic mass is 10.0. The summed E-state index contributed by atoms with van der Waals surface area (Å²) < 4.78 is 10.1. The van der Waals surface area contributed by atoms with Crippen molar-refractivity contribution in [3.63, 3.8) is 0 Å². The van der Waals surface area contributed by atoms with E-state index >= 15 is 0 Å². The Balaban J connectivity index is 1.57. The van der Waals surface area contributed by atoms with E-state index in [1.807, 2.05) is 24.3 Å². The second-order valence-corrected chi connectivity index (χ2v) is 6.15. The largest absolute Gasteiger partial charge is 0.504 e. The van der Waals surface area contributed by atoms with Crippen molar-refractivity contribution in [1.82, 2.24) is 0 Å². The van der Waals surface area contributed by atoms with Crippen molar-refractivity contribution in [2.75, 3.05) is 25.2 Å². The maximum Gasteiger partial charge on any atom is 0.331 e. The van der Waals surface area contributed by atoms with Crippen LogP contribution in [0.2, 0.25) is 0 Å². The molecule has 0 unspecified atom stereocenters. The van der Waals surface area contributed by atoms with Crippen LogP contribution in [0.25, 0.3) is 6.08 Å². The quantitative estimate of drug-likeness (QED) is 0.650. The Bertz CT molecular complexity index is 875. The monoisotopic (exact) mass is 367 g/mol. The third-order valence-corrected chi connectivity index (χ3v) is 4.36. The lowest BCUT2D eigenvalue weighted by Gasteiger charge is -2.29. The second-order valence-electron chi connectivity index (χ2n) is 6.15. The number of methoxy groups -OCH3 is 1. The summed E-state index contributed by atoms with van der Waals surface area (Å²) in [6, 6.07) is 12.5. The fourth-order valence-electron chi connectivity index (χ4n) is 3.01. The fraction of sp³-hybridized carbons (Fsp3) is 0.238. The summed E-state index contributed by atoms with van der Waals surface area (Å²) in [5, 5.41) is 9.57. The summed E-state index contributed by atoms with van der Waals surface area (Å²) in [4.78, 5) is 26.0. The molecule has 2 aromatic carbocycles. The van der Waals surface area contributed by atoms with Gasteiger partial charge in [-0.05, 0) is 48.2 Å². The summed E-state index contributed by atoms with van der Waals surface area (Å²) in [5.41, 5.74) is 2.68. The van der Waals surface area contributed by atoms with Gasteiger partial charge in [0, 0.05) is 18.3 Å². The normalized spacial score (nSPS) is 13.3. The third kappa shape index (κ3) is 4.47. The molecule has 0 fully saturated rings. The van der Waals surface area contributed by atoms with Crippen LogP contribution in [-0.4, -0.2) is 37.2 Å². The molecule has 140 valence electrons. The molecule has 0 saturated heterocycles. The SMILES string of the molecule is COc1cc(C=CC(=O)OCC(=O)N2CCCc3ccccc32)ccc1O.